The molecule has 174 valence electrons. The summed E-state index contributed by atoms with van der Waals surface area (Å²) in [6.07, 6.45) is 1.94. The van der Waals surface area contributed by atoms with Crippen molar-refractivity contribution in [1.82, 2.24) is 9.97 Å². The molecule has 0 unspecified atom stereocenters. The standard InChI is InChI=1S/C21H27F2N5O3S/c1-11-26-15(16(31-11)20(2,3)4)17(29)27-12-6-7-25-14(8-12)21(5)9-13(10-30-18(22)23)32-19(24)28-21/h6-8,13,18H,9-10H2,1-5H3,(H2,24,28)(H,25,27,29)/t13-,21-/m0/s1. The van der Waals surface area contributed by atoms with Crippen molar-refractivity contribution in [2.45, 2.75) is 63.9 Å². The van der Waals surface area contributed by atoms with Gasteiger partial charge in [0.15, 0.2) is 16.8 Å². The largest absolute Gasteiger partial charge is 0.445 e. The minimum absolute atomic E-state index is 0.161. The zero-order valence-electron chi connectivity index (χ0n) is 18.6. The molecule has 0 bridgehead atoms. The topological polar surface area (TPSA) is 116 Å². The van der Waals surface area contributed by atoms with Gasteiger partial charge in [-0.25, -0.2) is 9.98 Å². The van der Waals surface area contributed by atoms with E-state index in [1.807, 2.05) is 27.7 Å². The summed E-state index contributed by atoms with van der Waals surface area (Å²) in [5, 5.41) is 2.80. The molecule has 3 rings (SSSR count). The van der Waals surface area contributed by atoms with Crippen molar-refractivity contribution in [3.05, 3.63) is 41.4 Å². The van der Waals surface area contributed by atoms with Gasteiger partial charge in [0.2, 0.25) is 0 Å². The Morgan fingerprint density at radius 2 is 2.19 bits per heavy atom. The maximum Gasteiger partial charge on any atom is 0.345 e. The third-order valence-corrected chi connectivity index (χ3v) is 5.85. The van der Waals surface area contributed by atoms with E-state index < -0.39 is 23.5 Å². The van der Waals surface area contributed by atoms with E-state index in [-0.39, 0.29) is 22.7 Å². The Morgan fingerprint density at radius 1 is 1.47 bits per heavy atom. The lowest BCUT2D eigenvalue weighted by Crippen LogP contribution is -2.36. The first kappa shape index (κ1) is 24.1. The second kappa shape index (κ2) is 9.14. The highest BCUT2D eigenvalue weighted by molar-refractivity contribution is 8.14. The number of carbonyl (C=O) groups excluding carboxylic acids is 1. The monoisotopic (exact) mass is 467 g/mol. The fraction of sp³-hybridized carbons (Fsp3) is 0.524. The van der Waals surface area contributed by atoms with Gasteiger partial charge in [-0.3, -0.25) is 9.78 Å². The number of hydrogen-bond acceptors (Lipinski definition) is 8. The second-order valence-corrected chi connectivity index (χ2v) is 10.1. The molecular formula is C21H27F2N5O3S. The average Bonchev–Trinajstić information content (AvgIpc) is 3.08. The molecule has 11 heteroatoms. The highest BCUT2D eigenvalue weighted by Crippen LogP contribution is 2.39. The number of nitrogens with zero attached hydrogens (tertiary/aromatic N) is 3. The number of nitrogens with one attached hydrogen (secondary N) is 1. The van der Waals surface area contributed by atoms with E-state index in [1.54, 1.807) is 25.3 Å². The smallest absolute Gasteiger partial charge is 0.345 e. The number of rotatable bonds is 6. The Bertz CT molecular complexity index is 1020. The van der Waals surface area contributed by atoms with Crippen LogP contribution in [0.15, 0.2) is 27.7 Å². The number of oxazole rings is 1. The lowest BCUT2D eigenvalue weighted by atomic mass is 9.91. The Hall–Kier alpha value is -2.53. The highest BCUT2D eigenvalue weighted by atomic mass is 32.2. The molecule has 0 radical (unpaired) electrons. The molecule has 0 aliphatic carbocycles. The van der Waals surface area contributed by atoms with Crippen LogP contribution in [0.3, 0.4) is 0 Å². The Balaban J connectivity index is 1.83. The number of pyridine rings is 1. The predicted molar refractivity (Wildman–Crippen MR) is 119 cm³/mol. The Labute approximate surface area is 189 Å². The molecule has 0 saturated heterocycles. The minimum atomic E-state index is -2.85. The number of aliphatic imine (C=N–C) groups is 1. The van der Waals surface area contributed by atoms with E-state index in [0.717, 1.165) is 0 Å². The Kier molecular flexibility index (Phi) is 6.89. The first-order valence-corrected chi connectivity index (χ1v) is 10.9. The third-order valence-electron chi connectivity index (χ3n) is 4.88. The first-order valence-electron chi connectivity index (χ1n) is 10.0. The zero-order valence-corrected chi connectivity index (χ0v) is 19.4. The number of thioether (sulfide) groups is 1. The molecule has 3 heterocycles. The number of amidine groups is 1. The van der Waals surface area contributed by atoms with Crippen LogP contribution >= 0.6 is 11.8 Å². The summed E-state index contributed by atoms with van der Waals surface area (Å²) >= 11 is 1.20. The highest BCUT2D eigenvalue weighted by Gasteiger charge is 2.37. The molecule has 0 spiro atoms. The fourth-order valence-corrected chi connectivity index (χ4v) is 4.64. The predicted octanol–water partition coefficient (Wildman–Crippen LogP) is 4.20. The molecule has 1 aliphatic heterocycles. The van der Waals surface area contributed by atoms with Gasteiger partial charge in [-0.2, -0.15) is 8.78 Å². The summed E-state index contributed by atoms with van der Waals surface area (Å²) in [5.41, 5.74) is 5.97. The summed E-state index contributed by atoms with van der Waals surface area (Å²) in [6.45, 7) is 6.31. The molecule has 8 nitrogen and oxygen atoms in total. The summed E-state index contributed by atoms with van der Waals surface area (Å²) in [7, 11) is 0. The van der Waals surface area contributed by atoms with Crippen molar-refractivity contribution in [3.8, 4) is 0 Å². The van der Waals surface area contributed by atoms with Gasteiger partial charge >= 0.3 is 6.61 Å². The van der Waals surface area contributed by atoms with E-state index in [0.29, 0.717) is 29.5 Å². The maximum atomic E-state index is 12.9. The van der Waals surface area contributed by atoms with Gasteiger partial charge in [-0.1, -0.05) is 32.5 Å². The number of ether oxygens (including phenoxy) is 1. The van der Waals surface area contributed by atoms with Crippen LogP contribution in [-0.4, -0.2) is 39.5 Å². The number of anilines is 1. The lowest BCUT2D eigenvalue weighted by Gasteiger charge is -2.33. The van der Waals surface area contributed by atoms with Crippen molar-refractivity contribution in [2.24, 2.45) is 10.7 Å². The van der Waals surface area contributed by atoms with Gasteiger partial charge in [0.25, 0.3) is 5.91 Å². The van der Waals surface area contributed by atoms with E-state index in [9.17, 15) is 13.6 Å². The molecule has 0 fully saturated rings. The molecule has 1 aliphatic rings. The van der Waals surface area contributed by atoms with E-state index in [2.05, 4.69) is 25.0 Å². The summed E-state index contributed by atoms with van der Waals surface area (Å²) in [4.78, 5) is 26.1. The van der Waals surface area contributed by atoms with E-state index in [1.165, 1.54) is 11.8 Å². The van der Waals surface area contributed by atoms with Crippen LogP contribution in [0.25, 0.3) is 0 Å². The van der Waals surface area contributed by atoms with Crippen LogP contribution in [0.2, 0.25) is 0 Å². The normalized spacial score (nSPS) is 21.5. The number of carbonyl (C=O) groups is 1. The summed E-state index contributed by atoms with van der Waals surface area (Å²) in [6, 6.07) is 3.34. The van der Waals surface area contributed by atoms with Crippen LogP contribution in [0.5, 0.6) is 0 Å². The van der Waals surface area contributed by atoms with Gasteiger partial charge in [0, 0.05) is 29.5 Å². The Morgan fingerprint density at radius 3 is 2.84 bits per heavy atom. The minimum Gasteiger partial charge on any atom is -0.445 e. The van der Waals surface area contributed by atoms with Gasteiger partial charge in [-0.05, 0) is 25.5 Å². The number of halogens is 2. The van der Waals surface area contributed by atoms with E-state index >= 15 is 0 Å². The number of nitrogens with two attached hydrogens (primary N) is 1. The van der Waals surface area contributed by atoms with Crippen LogP contribution in [0.4, 0.5) is 14.5 Å². The molecule has 2 aromatic rings. The fourth-order valence-electron chi connectivity index (χ4n) is 3.49. The van der Waals surface area contributed by atoms with Gasteiger partial charge in [0.05, 0.1) is 12.3 Å². The maximum absolute atomic E-state index is 12.9. The lowest BCUT2D eigenvalue weighted by molar-refractivity contribution is -0.128. The van der Waals surface area contributed by atoms with Crippen molar-refractivity contribution in [3.63, 3.8) is 0 Å². The first-order chi connectivity index (χ1) is 14.9. The molecule has 32 heavy (non-hydrogen) atoms. The van der Waals surface area contributed by atoms with Gasteiger partial charge in [-0.15, -0.1) is 0 Å². The van der Waals surface area contributed by atoms with Crippen LogP contribution in [0, 0.1) is 6.92 Å². The quantitative estimate of drug-likeness (QED) is 0.654. The zero-order chi connectivity index (χ0) is 23.7. The average molecular weight is 468 g/mol. The molecule has 2 atom stereocenters. The van der Waals surface area contributed by atoms with E-state index in [4.69, 9.17) is 10.2 Å². The van der Waals surface area contributed by atoms with Crippen molar-refractivity contribution in [1.29, 1.82) is 0 Å². The molecule has 3 N–H and O–H groups in total. The third kappa shape index (κ3) is 5.63. The molecular weight excluding hydrogens is 440 g/mol. The van der Waals surface area contributed by atoms with Gasteiger partial charge in [0.1, 0.15) is 11.3 Å². The number of hydrogen-bond donors (Lipinski definition) is 2. The summed E-state index contributed by atoms with van der Waals surface area (Å²) in [5.74, 6) is 0.501. The van der Waals surface area contributed by atoms with Crippen LogP contribution in [0.1, 0.15) is 61.9 Å². The van der Waals surface area contributed by atoms with Crippen LogP contribution in [-0.2, 0) is 15.7 Å². The van der Waals surface area contributed by atoms with Gasteiger partial charge < -0.3 is 20.2 Å². The van der Waals surface area contributed by atoms with Crippen LogP contribution < -0.4 is 11.1 Å². The second-order valence-electron chi connectivity index (χ2n) is 8.81. The number of alkyl halides is 2. The number of aromatic nitrogens is 2. The van der Waals surface area contributed by atoms with Crippen molar-refractivity contribution >= 4 is 28.5 Å². The SMILES string of the molecule is Cc1nc(C(=O)Nc2ccnc([C@]3(C)C[C@@H](COC(F)F)SC(N)=N3)c2)c(C(C)(C)C)o1. The molecule has 0 saturated carbocycles. The number of aryl methyl sites for hydroxylation is 1. The molecule has 0 aromatic carbocycles. The van der Waals surface area contributed by atoms with Crippen molar-refractivity contribution in [2.75, 3.05) is 11.9 Å². The summed E-state index contributed by atoms with van der Waals surface area (Å²) < 4.78 is 35.0. The molecule has 2 aromatic heterocycles. The number of amides is 1. The van der Waals surface area contributed by atoms with Crippen molar-refractivity contribution < 1.29 is 22.7 Å². The molecule has 1 amide bonds.